The van der Waals surface area contributed by atoms with Crippen LogP contribution < -0.4 is 0 Å². The molecule has 0 aromatic heterocycles. The summed E-state index contributed by atoms with van der Waals surface area (Å²) in [4.78, 5) is 58.0. The van der Waals surface area contributed by atoms with Crippen LogP contribution in [-0.4, -0.2) is 45.6 Å². The summed E-state index contributed by atoms with van der Waals surface area (Å²) in [6.45, 7) is 17.4. The number of ketones is 1. The molecule has 4 saturated carbocycles. The summed E-state index contributed by atoms with van der Waals surface area (Å²) in [7, 11) is 0. The minimum Gasteiger partial charge on any atom is -0.480 e. The molecule has 4 fully saturated rings. The summed E-state index contributed by atoms with van der Waals surface area (Å²) < 4.78 is 0. The summed E-state index contributed by atoms with van der Waals surface area (Å²) in [5.74, 6) is -1.91. The molecule has 1 N–H and O–H groups in total. The van der Waals surface area contributed by atoms with Crippen molar-refractivity contribution < 1.29 is 29.1 Å². The van der Waals surface area contributed by atoms with Crippen LogP contribution >= 0.6 is 12.6 Å². The van der Waals surface area contributed by atoms with Gasteiger partial charge in [0.05, 0.1) is 5.41 Å². The number of hydrogen-bond donors (Lipinski definition) is 2. The number of nitrogens with zero attached hydrogens (tertiary/aromatic N) is 1. The fraction of sp³-hybridized carbons (Fsp3) is 0.829. The second-order valence-corrected chi connectivity index (χ2v) is 17.2. The average molecular weight is 616 g/mol. The Bertz CT molecular complexity index is 1260. The fourth-order valence-corrected chi connectivity index (χ4v) is 11.7. The number of fused-ring (bicyclic) bond motifs is 7. The predicted molar refractivity (Wildman–Crippen MR) is 168 cm³/mol. The molecule has 0 bridgehead atoms. The Morgan fingerprint density at radius 1 is 1.00 bits per heavy atom. The Morgan fingerprint density at radius 2 is 1.65 bits per heavy atom. The average Bonchev–Trinajstić information content (AvgIpc) is 2.89. The molecule has 1 amide bonds. The molecule has 7 nitrogen and oxygen atoms in total. The fourth-order valence-electron chi connectivity index (χ4n) is 11.4. The summed E-state index contributed by atoms with van der Waals surface area (Å²) in [5.41, 5.74) is 0.0389. The van der Waals surface area contributed by atoms with Crippen molar-refractivity contribution in [3.63, 3.8) is 0 Å². The third-order valence-electron chi connectivity index (χ3n) is 14.0. The summed E-state index contributed by atoms with van der Waals surface area (Å²) in [6, 6.07) is -1.38. The van der Waals surface area contributed by atoms with Gasteiger partial charge in [0, 0.05) is 18.6 Å². The molecule has 0 aromatic carbocycles. The number of carbonyl (C=O) groups is 4. The molecule has 0 heterocycles. The molecular weight excluding hydrogens is 562 g/mol. The van der Waals surface area contributed by atoms with Gasteiger partial charge in [0.15, 0.2) is 11.8 Å². The van der Waals surface area contributed by atoms with Gasteiger partial charge in [0.2, 0.25) is 0 Å². The second kappa shape index (κ2) is 10.3. The van der Waals surface area contributed by atoms with E-state index in [4.69, 9.17) is 4.84 Å². The summed E-state index contributed by atoms with van der Waals surface area (Å²) in [6.07, 6.45) is 11.5. The lowest BCUT2D eigenvalue weighted by molar-refractivity contribution is -0.216. The third kappa shape index (κ3) is 4.65. The van der Waals surface area contributed by atoms with Crippen molar-refractivity contribution in [2.75, 3.05) is 5.75 Å². The standard InChI is InChI=1S/C35H53NO6S/c1-21(37)42-36(24(20-43)28(39)40)29(41)32(5)15-14-31(4)16-17-34(7)22(23(31)19-32)18-25(38)27-33(6)12-9-11-30(2,3)26(33)10-13-35(27,34)8/h18,23-24,26-27,43H,9-17,19-20H2,1-8H3,(H,39,40)/t23-,24-,26?,27?,31+,32?,33-,34+,35+/m0/s1. The highest BCUT2D eigenvalue weighted by Crippen LogP contribution is 2.75. The highest BCUT2D eigenvalue weighted by Gasteiger charge is 2.69. The minimum atomic E-state index is -1.38. The lowest BCUT2D eigenvalue weighted by atomic mass is 9.33. The molecule has 9 atom stereocenters. The van der Waals surface area contributed by atoms with Gasteiger partial charge in [-0.25, -0.2) is 4.79 Å². The van der Waals surface area contributed by atoms with Crippen molar-refractivity contribution in [2.45, 2.75) is 126 Å². The molecule has 0 aromatic rings. The van der Waals surface area contributed by atoms with Crippen LogP contribution in [0.5, 0.6) is 0 Å². The van der Waals surface area contributed by atoms with E-state index in [1.54, 1.807) is 0 Å². The predicted octanol–water partition coefficient (Wildman–Crippen LogP) is 7.05. The van der Waals surface area contributed by atoms with E-state index in [-0.39, 0.29) is 50.4 Å². The number of rotatable bonds is 4. The number of allylic oxidation sites excluding steroid dienone is 2. The Kier molecular flexibility index (Phi) is 7.84. The first-order chi connectivity index (χ1) is 19.8. The van der Waals surface area contributed by atoms with Crippen LogP contribution in [0.3, 0.4) is 0 Å². The van der Waals surface area contributed by atoms with E-state index in [0.717, 1.165) is 50.0 Å². The van der Waals surface area contributed by atoms with Gasteiger partial charge in [-0.1, -0.05) is 60.5 Å². The van der Waals surface area contributed by atoms with Gasteiger partial charge in [0.1, 0.15) is 0 Å². The van der Waals surface area contributed by atoms with Gasteiger partial charge in [-0.05, 0) is 103 Å². The Hall–Kier alpha value is -1.83. The van der Waals surface area contributed by atoms with Crippen molar-refractivity contribution >= 4 is 36.3 Å². The van der Waals surface area contributed by atoms with Crippen molar-refractivity contribution in [1.82, 2.24) is 5.06 Å². The molecule has 240 valence electrons. The third-order valence-corrected chi connectivity index (χ3v) is 14.4. The lowest BCUT2D eigenvalue weighted by Gasteiger charge is -2.70. The zero-order chi connectivity index (χ0) is 32.0. The normalized spacial score (nSPS) is 44.0. The molecule has 5 rings (SSSR count). The van der Waals surface area contributed by atoms with Gasteiger partial charge in [-0.3, -0.25) is 14.4 Å². The van der Waals surface area contributed by atoms with Gasteiger partial charge in [-0.15, -0.1) is 0 Å². The minimum absolute atomic E-state index is 0.00228. The van der Waals surface area contributed by atoms with Crippen molar-refractivity contribution in [3.05, 3.63) is 11.6 Å². The van der Waals surface area contributed by atoms with E-state index >= 15 is 0 Å². The zero-order valence-corrected chi connectivity index (χ0v) is 28.4. The zero-order valence-electron chi connectivity index (χ0n) is 27.5. The largest absolute Gasteiger partial charge is 0.480 e. The topological polar surface area (TPSA) is 101 Å². The first-order valence-electron chi connectivity index (χ1n) is 16.4. The first-order valence-corrected chi connectivity index (χ1v) is 17.0. The molecule has 3 unspecified atom stereocenters. The van der Waals surface area contributed by atoms with Crippen LogP contribution in [0.25, 0.3) is 0 Å². The van der Waals surface area contributed by atoms with E-state index in [9.17, 15) is 24.3 Å². The molecule has 0 radical (unpaired) electrons. The quantitative estimate of drug-likeness (QED) is 0.260. The molecule has 5 aliphatic carbocycles. The van der Waals surface area contributed by atoms with Gasteiger partial charge < -0.3 is 9.94 Å². The first kappa shape index (κ1) is 32.6. The van der Waals surface area contributed by atoms with E-state index in [1.165, 1.54) is 18.9 Å². The molecular formula is C35H53NO6S. The number of carbonyl (C=O) groups excluding carboxylic acids is 3. The molecule has 8 heteroatoms. The lowest BCUT2D eigenvalue weighted by Crippen LogP contribution is -2.65. The number of amides is 1. The Balaban J connectivity index is 1.55. The van der Waals surface area contributed by atoms with Gasteiger partial charge in [-0.2, -0.15) is 17.7 Å². The smallest absolute Gasteiger partial charge is 0.331 e. The summed E-state index contributed by atoms with van der Waals surface area (Å²) >= 11 is 4.16. The van der Waals surface area contributed by atoms with Crippen LogP contribution in [-0.2, 0) is 24.0 Å². The number of aliphatic carboxylic acids is 1. The Morgan fingerprint density at radius 3 is 2.26 bits per heavy atom. The highest BCUT2D eigenvalue weighted by atomic mass is 32.1. The van der Waals surface area contributed by atoms with Crippen LogP contribution in [0.4, 0.5) is 0 Å². The van der Waals surface area contributed by atoms with Crippen LogP contribution in [0.2, 0.25) is 0 Å². The monoisotopic (exact) mass is 615 g/mol. The van der Waals surface area contributed by atoms with E-state index in [0.29, 0.717) is 18.8 Å². The number of thiol groups is 1. The van der Waals surface area contributed by atoms with E-state index in [2.05, 4.69) is 54.2 Å². The van der Waals surface area contributed by atoms with Crippen molar-refractivity contribution in [3.8, 4) is 0 Å². The number of hydroxylamine groups is 2. The van der Waals surface area contributed by atoms with Crippen molar-refractivity contribution in [2.24, 2.45) is 50.2 Å². The molecule has 0 saturated heterocycles. The number of hydrogen-bond acceptors (Lipinski definition) is 6. The van der Waals surface area contributed by atoms with E-state index in [1.807, 2.05) is 13.0 Å². The molecule has 0 spiro atoms. The van der Waals surface area contributed by atoms with Crippen LogP contribution in [0.15, 0.2) is 11.6 Å². The summed E-state index contributed by atoms with van der Waals surface area (Å²) in [5, 5.41) is 10.6. The Labute approximate surface area is 263 Å². The van der Waals surface area contributed by atoms with E-state index < -0.39 is 29.3 Å². The van der Waals surface area contributed by atoms with Crippen LogP contribution in [0.1, 0.15) is 120 Å². The molecule has 43 heavy (non-hydrogen) atoms. The molecule has 5 aliphatic rings. The number of carboxylic acids is 1. The molecule has 0 aliphatic heterocycles. The maximum absolute atomic E-state index is 14.5. The maximum atomic E-state index is 14.5. The van der Waals surface area contributed by atoms with Crippen molar-refractivity contribution in [1.29, 1.82) is 0 Å². The van der Waals surface area contributed by atoms with Crippen LogP contribution in [0, 0.1) is 50.2 Å². The van der Waals surface area contributed by atoms with Gasteiger partial charge >= 0.3 is 11.9 Å². The maximum Gasteiger partial charge on any atom is 0.331 e. The highest BCUT2D eigenvalue weighted by molar-refractivity contribution is 7.80. The van der Waals surface area contributed by atoms with Gasteiger partial charge in [0.25, 0.3) is 5.91 Å². The number of carboxylic acid groups (broad SMARTS) is 1. The SMILES string of the molecule is CC(=O)ON(C(=O)C1(C)CC[C@]2(C)CC[C@]3(C)C(=CC(=O)C4[C@@]5(C)CCCC(C)(C)C5CC[C@]43C)[C@@H]2C1)[C@@H](CS)C(=O)O. The second-order valence-electron chi connectivity index (χ2n) is 16.8.